The number of nitrogens with two attached hydrogens (primary N) is 1. The highest BCUT2D eigenvalue weighted by Crippen LogP contribution is 2.25. The van der Waals surface area contributed by atoms with Crippen LogP contribution in [0, 0.1) is 5.82 Å². The maximum atomic E-state index is 12.9. The van der Waals surface area contributed by atoms with Crippen molar-refractivity contribution in [1.29, 1.82) is 0 Å². The van der Waals surface area contributed by atoms with Crippen LogP contribution in [0.3, 0.4) is 0 Å². The highest BCUT2D eigenvalue weighted by atomic mass is 32.2. The zero-order valence-corrected chi connectivity index (χ0v) is 12.6. The molecule has 0 saturated heterocycles. The smallest absolute Gasteiger partial charge is 0.230 e. The van der Waals surface area contributed by atoms with Crippen LogP contribution in [0.1, 0.15) is 20.3 Å². The standard InChI is InChI=1S/C14H21FN2O2S/c1-10(2)19-7-3-6-17-14(18)9-20-13-5-4-11(15)8-12(13)16/h4-5,8,10H,3,6-7,9,16H2,1-2H3,(H,17,18). The molecule has 0 saturated carbocycles. The van der Waals surface area contributed by atoms with Crippen LogP contribution in [-0.4, -0.2) is 30.9 Å². The van der Waals surface area contributed by atoms with E-state index in [1.165, 1.54) is 23.9 Å². The van der Waals surface area contributed by atoms with Crippen LogP contribution in [0.2, 0.25) is 0 Å². The van der Waals surface area contributed by atoms with Crippen molar-refractivity contribution in [2.24, 2.45) is 0 Å². The van der Waals surface area contributed by atoms with Crippen LogP contribution in [0.4, 0.5) is 10.1 Å². The van der Waals surface area contributed by atoms with Gasteiger partial charge in [-0.15, -0.1) is 11.8 Å². The van der Waals surface area contributed by atoms with Gasteiger partial charge in [0.1, 0.15) is 5.82 Å². The fraction of sp³-hybridized carbons (Fsp3) is 0.500. The van der Waals surface area contributed by atoms with E-state index < -0.39 is 0 Å². The number of hydrogen-bond donors (Lipinski definition) is 2. The molecule has 0 bridgehead atoms. The van der Waals surface area contributed by atoms with Gasteiger partial charge in [-0.3, -0.25) is 4.79 Å². The first-order valence-electron chi connectivity index (χ1n) is 6.55. The molecule has 4 nitrogen and oxygen atoms in total. The van der Waals surface area contributed by atoms with Gasteiger partial charge in [-0.25, -0.2) is 4.39 Å². The van der Waals surface area contributed by atoms with Gasteiger partial charge < -0.3 is 15.8 Å². The summed E-state index contributed by atoms with van der Waals surface area (Å²) in [7, 11) is 0. The van der Waals surface area contributed by atoms with Crippen LogP contribution < -0.4 is 11.1 Å². The summed E-state index contributed by atoms with van der Waals surface area (Å²) in [6.07, 6.45) is 0.996. The summed E-state index contributed by atoms with van der Waals surface area (Å²) >= 11 is 1.30. The number of nitrogen functional groups attached to an aromatic ring is 1. The summed E-state index contributed by atoms with van der Waals surface area (Å²) in [5, 5.41) is 2.80. The first-order chi connectivity index (χ1) is 9.49. The van der Waals surface area contributed by atoms with Gasteiger partial charge in [0.2, 0.25) is 5.91 Å². The maximum absolute atomic E-state index is 12.9. The molecule has 1 rings (SSSR count). The number of anilines is 1. The van der Waals surface area contributed by atoms with Crippen LogP contribution in [0.25, 0.3) is 0 Å². The number of hydrogen-bond acceptors (Lipinski definition) is 4. The highest BCUT2D eigenvalue weighted by molar-refractivity contribution is 8.00. The van der Waals surface area contributed by atoms with Gasteiger partial charge in [-0.2, -0.15) is 0 Å². The van der Waals surface area contributed by atoms with E-state index in [4.69, 9.17) is 10.5 Å². The molecule has 0 spiro atoms. The van der Waals surface area contributed by atoms with E-state index in [-0.39, 0.29) is 23.6 Å². The third-order valence-electron chi connectivity index (χ3n) is 2.43. The van der Waals surface area contributed by atoms with Crippen molar-refractivity contribution in [1.82, 2.24) is 5.32 Å². The fourth-order valence-electron chi connectivity index (χ4n) is 1.46. The molecule has 1 aromatic carbocycles. The monoisotopic (exact) mass is 300 g/mol. The molecule has 0 atom stereocenters. The number of benzene rings is 1. The Labute approximate surface area is 123 Å². The Balaban J connectivity index is 2.19. The molecule has 3 N–H and O–H groups in total. The number of ether oxygens (including phenoxy) is 1. The number of amides is 1. The third kappa shape index (κ3) is 6.77. The minimum absolute atomic E-state index is 0.0664. The molecule has 0 aliphatic heterocycles. The molecule has 20 heavy (non-hydrogen) atoms. The molecular formula is C14H21FN2O2S. The molecule has 112 valence electrons. The first kappa shape index (κ1) is 16.8. The van der Waals surface area contributed by atoms with E-state index in [9.17, 15) is 9.18 Å². The van der Waals surface area contributed by atoms with E-state index in [2.05, 4.69) is 5.32 Å². The molecular weight excluding hydrogens is 279 g/mol. The van der Waals surface area contributed by atoms with E-state index in [1.54, 1.807) is 6.07 Å². The summed E-state index contributed by atoms with van der Waals surface area (Å²) in [4.78, 5) is 12.3. The second kappa shape index (κ2) is 8.81. The summed E-state index contributed by atoms with van der Waals surface area (Å²) in [5.41, 5.74) is 6.02. The zero-order chi connectivity index (χ0) is 15.0. The van der Waals surface area contributed by atoms with E-state index in [1.807, 2.05) is 13.8 Å². The lowest BCUT2D eigenvalue weighted by molar-refractivity contribution is -0.118. The minimum Gasteiger partial charge on any atom is -0.398 e. The number of thioether (sulfide) groups is 1. The van der Waals surface area contributed by atoms with Crippen LogP contribution in [0.5, 0.6) is 0 Å². The molecule has 0 aliphatic rings. The molecule has 0 aliphatic carbocycles. The predicted molar refractivity (Wildman–Crippen MR) is 80.3 cm³/mol. The van der Waals surface area contributed by atoms with Gasteiger partial charge in [-0.05, 0) is 38.5 Å². The second-order valence-corrected chi connectivity index (χ2v) is 5.61. The molecule has 0 radical (unpaired) electrons. The SMILES string of the molecule is CC(C)OCCCNC(=O)CSc1ccc(F)cc1N. The summed E-state index contributed by atoms with van der Waals surface area (Å²) in [6, 6.07) is 4.17. The molecule has 0 fully saturated rings. The Bertz CT molecular complexity index is 441. The average molecular weight is 300 g/mol. The first-order valence-corrected chi connectivity index (χ1v) is 7.53. The van der Waals surface area contributed by atoms with Crippen molar-refractivity contribution in [3.8, 4) is 0 Å². The number of carbonyl (C=O) groups excluding carboxylic acids is 1. The molecule has 1 aromatic rings. The molecule has 0 aromatic heterocycles. The normalized spacial score (nSPS) is 10.8. The molecule has 0 heterocycles. The Morgan fingerprint density at radius 1 is 1.50 bits per heavy atom. The van der Waals surface area contributed by atoms with Crippen molar-refractivity contribution < 1.29 is 13.9 Å². The molecule has 0 unspecified atom stereocenters. The van der Waals surface area contributed by atoms with Gasteiger partial charge in [-0.1, -0.05) is 0 Å². The van der Waals surface area contributed by atoms with Crippen molar-refractivity contribution in [3.05, 3.63) is 24.0 Å². The van der Waals surface area contributed by atoms with Crippen molar-refractivity contribution >= 4 is 23.4 Å². The maximum Gasteiger partial charge on any atom is 0.230 e. The van der Waals surface area contributed by atoms with Gasteiger partial charge in [0.05, 0.1) is 11.9 Å². The van der Waals surface area contributed by atoms with Crippen molar-refractivity contribution in [3.63, 3.8) is 0 Å². The summed E-state index contributed by atoms with van der Waals surface area (Å²) in [5.74, 6) is -0.175. The average Bonchev–Trinajstić information content (AvgIpc) is 2.37. The zero-order valence-electron chi connectivity index (χ0n) is 11.8. The Morgan fingerprint density at radius 3 is 2.90 bits per heavy atom. The lowest BCUT2D eigenvalue weighted by atomic mass is 10.3. The van der Waals surface area contributed by atoms with Gasteiger partial charge in [0.25, 0.3) is 0 Å². The molecule has 1 amide bonds. The van der Waals surface area contributed by atoms with Crippen LogP contribution in [-0.2, 0) is 9.53 Å². The van der Waals surface area contributed by atoms with Crippen molar-refractivity contribution in [2.45, 2.75) is 31.3 Å². The quantitative estimate of drug-likeness (QED) is 0.440. The van der Waals surface area contributed by atoms with Crippen LogP contribution in [0.15, 0.2) is 23.1 Å². The Morgan fingerprint density at radius 2 is 2.25 bits per heavy atom. The van der Waals surface area contributed by atoms with Gasteiger partial charge in [0, 0.05) is 23.7 Å². The molecule has 6 heteroatoms. The van der Waals surface area contributed by atoms with E-state index in [0.717, 1.165) is 6.42 Å². The summed E-state index contributed by atoms with van der Waals surface area (Å²) in [6.45, 7) is 5.17. The number of carbonyl (C=O) groups is 1. The van der Waals surface area contributed by atoms with Gasteiger partial charge in [0.15, 0.2) is 0 Å². The lowest BCUT2D eigenvalue weighted by Crippen LogP contribution is -2.27. The van der Waals surface area contributed by atoms with E-state index >= 15 is 0 Å². The summed E-state index contributed by atoms with van der Waals surface area (Å²) < 4.78 is 18.2. The highest BCUT2D eigenvalue weighted by Gasteiger charge is 2.06. The lowest BCUT2D eigenvalue weighted by Gasteiger charge is -2.08. The Kier molecular flexibility index (Phi) is 7.40. The van der Waals surface area contributed by atoms with Gasteiger partial charge >= 0.3 is 0 Å². The number of halogens is 1. The predicted octanol–water partition coefficient (Wildman–Crippen LogP) is 2.43. The topological polar surface area (TPSA) is 64.3 Å². The largest absolute Gasteiger partial charge is 0.398 e. The number of rotatable bonds is 8. The fourth-order valence-corrected chi connectivity index (χ4v) is 2.24. The minimum atomic E-state index is -0.374. The third-order valence-corrected chi connectivity index (χ3v) is 3.51. The second-order valence-electron chi connectivity index (χ2n) is 4.59. The van der Waals surface area contributed by atoms with Crippen LogP contribution >= 0.6 is 11.8 Å². The van der Waals surface area contributed by atoms with E-state index in [0.29, 0.717) is 23.7 Å². The Hall–Kier alpha value is -1.27. The van der Waals surface area contributed by atoms with Crippen molar-refractivity contribution in [2.75, 3.05) is 24.6 Å². The number of nitrogens with one attached hydrogen (secondary N) is 1.